The zero-order valence-corrected chi connectivity index (χ0v) is 17.5. The lowest BCUT2D eigenvalue weighted by atomic mass is 10.2. The predicted molar refractivity (Wildman–Crippen MR) is 126 cm³/mol. The summed E-state index contributed by atoms with van der Waals surface area (Å²) in [7, 11) is 0. The van der Waals surface area contributed by atoms with Gasteiger partial charge in [-0.2, -0.15) is 0 Å². The van der Waals surface area contributed by atoms with E-state index in [1.54, 1.807) is 0 Å². The maximum Gasteiger partial charge on any atom is 0.234 e. The maximum absolute atomic E-state index is 12.5. The number of benzene rings is 3. The molecule has 1 N–H and O–H groups in total. The van der Waals surface area contributed by atoms with Gasteiger partial charge in [-0.25, -0.2) is 9.98 Å². The molecule has 4 rings (SSSR count). The van der Waals surface area contributed by atoms with Crippen molar-refractivity contribution >= 4 is 40.0 Å². The van der Waals surface area contributed by atoms with Gasteiger partial charge in [-0.05, 0) is 31.2 Å². The summed E-state index contributed by atoms with van der Waals surface area (Å²) < 4.78 is 0. The lowest BCUT2D eigenvalue weighted by Gasteiger charge is -2.27. The molecule has 0 saturated heterocycles. The Labute approximate surface area is 180 Å². The van der Waals surface area contributed by atoms with E-state index in [0.29, 0.717) is 12.5 Å². The number of anilines is 2. The molecule has 1 amide bonds. The van der Waals surface area contributed by atoms with E-state index in [0.717, 1.165) is 27.7 Å². The van der Waals surface area contributed by atoms with E-state index >= 15 is 0 Å². The molecule has 0 aliphatic carbocycles. The van der Waals surface area contributed by atoms with Gasteiger partial charge in [-0.3, -0.25) is 4.79 Å². The summed E-state index contributed by atoms with van der Waals surface area (Å²) in [5.74, 6) is 0.880. The molecule has 150 valence electrons. The van der Waals surface area contributed by atoms with E-state index in [4.69, 9.17) is 4.99 Å². The molecule has 0 bridgehead atoms. The lowest BCUT2D eigenvalue weighted by Crippen LogP contribution is -2.34. The molecule has 1 heterocycles. The Morgan fingerprint density at radius 2 is 1.63 bits per heavy atom. The van der Waals surface area contributed by atoms with Crippen LogP contribution in [-0.2, 0) is 4.79 Å². The van der Waals surface area contributed by atoms with Crippen LogP contribution in [-0.4, -0.2) is 29.3 Å². The number of amidine groups is 2. The van der Waals surface area contributed by atoms with Crippen LogP contribution in [0, 0.1) is 6.92 Å². The number of thioether (sulfide) groups is 1. The minimum atomic E-state index is -0.0664. The second-order valence-corrected chi connectivity index (χ2v) is 7.79. The number of hydrogen-bond donors (Lipinski definition) is 1. The Morgan fingerprint density at radius 3 is 2.33 bits per heavy atom. The van der Waals surface area contributed by atoms with Gasteiger partial charge in [0.2, 0.25) is 5.91 Å². The largest absolute Gasteiger partial charge is 0.325 e. The van der Waals surface area contributed by atoms with Crippen LogP contribution in [0.25, 0.3) is 0 Å². The molecular weight excluding hydrogens is 392 g/mol. The van der Waals surface area contributed by atoms with Gasteiger partial charge in [-0.15, -0.1) is 0 Å². The molecule has 0 radical (unpaired) electrons. The normalized spacial score (nSPS) is 13.4. The van der Waals surface area contributed by atoms with Crippen molar-refractivity contribution in [3.05, 3.63) is 96.1 Å². The Bertz CT molecular complexity index is 1060. The molecule has 6 heteroatoms. The summed E-state index contributed by atoms with van der Waals surface area (Å²) in [5.41, 5.74) is 3.92. The van der Waals surface area contributed by atoms with Crippen LogP contribution in [0.1, 0.15) is 11.1 Å². The molecule has 3 aromatic carbocycles. The standard InChI is InChI=1S/C24H22N4OS/c1-18-12-14-20(15-13-18)26-22(29)16-30-24-27-23(19-8-4-2-5-9-19)25-17-28(24)21-10-6-3-7-11-21/h2-15H,16-17H2,1H3,(H,26,29). The third kappa shape index (κ3) is 4.96. The highest BCUT2D eigenvalue weighted by Crippen LogP contribution is 2.23. The van der Waals surface area contributed by atoms with Crippen molar-refractivity contribution in [3.8, 4) is 0 Å². The zero-order valence-electron chi connectivity index (χ0n) is 16.7. The van der Waals surface area contributed by atoms with E-state index in [2.05, 4.69) is 10.3 Å². The van der Waals surface area contributed by atoms with Crippen molar-refractivity contribution in [1.29, 1.82) is 0 Å². The number of amides is 1. The van der Waals surface area contributed by atoms with Gasteiger partial charge in [0.05, 0.1) is 5.75 Å². The molecule has 0 fully saturated rings. The number of aryl methyl sites for hydroxylation is 1. The quantitative estimate of drug-likeness (QED) is 0.643. The van der Waals surface area contributed by atoms with E-state index in [-0.39, 0.29) is 11.7 Å². The first-order valence-electron chi connectivity index (χ1n) is 9.69. The number of carbonyl (C=O) groups excluding carboxylic acids is 1. The van der Waals surface area contributed by atoms with Crippen molar-refractivity contribution in [2.45, 2.75) is 6.92 Å². The molecule has 0 saturated carbocycles. The van der Waals surface area contributed by atoms with Crippen molar-refractivity contribution in [2.75, 3.05) is 22.6 Å². The summed E-state index contributed by atoms with van der Waals surface area (Å²) in [6.07, 6.45) is 0. The highest BCUT2D eigenvalue weighted by Gasteiger charge is 2.21. The number of carbonyl (C=O) groups is 1. The average Bonchev–Trinajstić information content (AvgIpc) is 2.80. The molecule has 1 aliphatic rings. The van der Waals surface area contributed by atoms with Crippen LogP contribution in [0.2, 0.25) is 0 Å². The molecule has 0 atom stereocenters. The minimum absolute atomic E-state index is 0.0664. The van der Waals surface area contributed by atoms with Gasteiger partial charge in [0.1, 0.15) is 6.67 Å². The number of nitrogens with zero attached hydrogens (tertiary/aromatic N) is 3. The van der Waals surface area contributed by atoms with Gasteiger partial charge in [-0.1, -0.05) is 78.0 Å². The first-order chi connectivity index (χ1) is 14.7. The highest BCUT2D eigenvalue weighted by atomic mass is 32.2. The number of hydrogen-bond acceptors (Lipinski definition) is 5. The highest BCUT2D eigenvalue weighted by molar-refractivity contribution is 8.14. The third-order valence-electron chi connectivity index (χ3n) is 4.56. The first-order valence-corrected chi connectivity index (χ1v) is 10.7. The number of nitrogens with one attached hydrogen (secondary N) is 1. The van der Waals surface area contributed by atoms with Crippen molar-refractivity contribution in [3.63, 3.8) is 0 Å². The van der Waals surface area contributed by atoms with Gasteiger partial charge in [0.15, 0.2) is 11.0 Å². The van der Waals surface area contributed by atoms with Crippen LogP contribution in [0.5, 0.6) is 0 Å². The Hall–Kier alpha value is -3.38. The predicted octanol–water partition coefficient (Wildman–Crippen LogP) is 4.95. The van der Waals surface area contributed by atoms with Crippen LogP contribution in [0.15, 0.2) is 94.9 Å². The molecular formula is C24H22N4OS. The summed E-state index contributed by atoms with van der Waals surface area (Å²) in [6, 6.07) is 27.7. The van der Waals surface area contributed by atoms with E-state index in [1.807, 2.05) is 96.8 Å². The fraction of sp³-hybridized carbons (Fsp3) is 0.125. The van der Waals surface area contributed by atoms with Crippen molar-refractivity contribution < 1.29 is 4.79 Å². The van der Waals surface area contributed by atoms with Gasteiger partial charge >= 0.3 is 0 Å². The van der Waals surface area contributed by atoms with Crippen molar-refractivity contribution in [2.24, 2.45) is 9.98 Å². The topological polar surface area (TPSA) is 57.1 Å². The molecule has 0 spiro atoms. The number of rotatable bonds is 5. The van der Waals surface area contributed by atoms with Crippen LogP contribution >= 0.6 is 11.8 Å². The monoisotopic (exact) mass is 414 g/mol. The molecule has 30 heavy (non-hydrogen) atoms. The van der Waals surface area contributed by atoms with Crippen LogP contribution in [0.3, 0.4) is 0 Å². The van der Waals surface area contributed by atoms with Crippen molar-refractivity contribution in [1.82, 2.24) is 0 Å². The Balaban J connectivity index is 1.51. The minimum Gasteiger partial charge on any atom is -0.325 e. The summed E-state index contributed by atoms with van der Waals surface area (Å²) in [5, 5.41) is 3.70. The molecule has 0 aromatic heterocycles. The summed E-state index contributed by atoms with van der Waals surface area (Å²) >= 11 is 1.41. The number of para-hydroxylation sites is 1. The first kappa shape index (κ1) is 19.9. The van der Waals surface area contributed by atoms with Crippen LogP contribution < -0.4 is 10.2 Å². The smallest absolute Gasteiger partial charge is 0.234 e. The SMILES string of the molecule is Cc1ccc(NC(=O)CSC2=NC(c3ccccc3)=NCN2c2ccccc2)cc1. The Kier molecular flexibility index (Phi) is 6.25. The maximum atomic E-state index is 12.5. The Morgan fingerprint density at radius 1 is 0.967 bits per heavy atom. The van der Waals surface area contributed by atoms with Gasteiger partial charge in [0.25, 0.3) is 0 Å². The second-order valence-electron chi connectivity index (χ2n) is 6.85. The van der Waals surface area contributed by atoms with E-state index in [9.17, 15) is 4.79 Å². The second kappa shape index (κ2) is 9.41. The molecule has 5 nitrogen and oxygen atoms in total. The zero-order chi connectivity index (χ0) is 20.8. The van der Waals surface area contributed by atoms with Gasteiger partial charge in [0, 0.05) is 16.9 Å². The lowest BCUT2D eigenvalue weighted by molar-refractivity contribution is -0.113. The van der Waals surface area contributed by atoms with Gasteiger partial charge < -0.3 is 10.2 Å². The van der Waals surface area contributed by atoms with E-state index in [1.165, 1.54) is 11.8 Å². The molecule has 1 aliphatic heterocycles. The number of aliphatic imine (C=N–C) groups is 2. The summed E-state index contributed by atoms with van der Waals surface area (Å²) in [4.78, 5) is 24.0. The molecule has 0 unspecified atom stereocenters. The molecule has 3 aromatic rings. The third-order valence-corrected chi connectivity index (χ3v) is 5.54. The van der Waals surface area contributed by atoms with E-state index < -0.39 is 0 Å². The van der Waals surface area contributed by atoms with Crippen LogP contribution in [0.4, 0.5) is 11.4 Å². The average molecular weight is 415 g/mol. The summed E-state index contributed by atoms with van der Waals surface area (Å²) in [6.45, 7) is 2.48. The fourth-order valence-electron chi connectivity index (χ4n) is 3.00. The fourth-order valence-corrected chi connectivity index (χ4v) is 3.80.